The van der Waals surface area contributed by atoms with Crippen LogP contribution in [0.1, 0.15) is 64.2 Å². The van der Waals surface area contributed by atoms with E-state index in [0.717, 1.165) is 37.8 Å². The normalized spacial score (nSPS) is 23.2. The molecule has 0 aromatic heterocycles. The summed E-state index contributed by atoms with van der Waals surface area (Å²) in [6.07, 6.45) is 3.51. The molecule has 2 aromatic carbocycles. The highest BCUT2D eigenvalue weighted by Gasteiger charge is 2.36. The van der Waals surface area contributed by atoms with Crippen LogP contribution in [0, 0.1) is 5.92 Å². The standard InChI is InChI=1S/C23H28N2O3/c1-28-21-16(6-4-5-11-24)13-17-12-15(9-10-18(17)21)14-25-22(26)19-7-2-3-8-20(19)23(25)27/h2-3,7-10,12,16,21-22,26H,4-6,11,13-14,24H2,1H3/t16?,21?,22-/m0/s1. The molecular weight excluding hydrogens is 352 g/mol. The molecule has 3 N–H and O–H groups in total. The molecule has 1 aliphatic heterocycles. The Labute approximate surface area is 166 Å². The summed E-state index contributed by atoms with van der Waals surface area (Å²) >= 11 is 0. The average Bonchev–Trinajstić information content (AvgIpc) is 3.18. The predicted molar refractivity (Wildman–Crippen MR) is 108 cm³/mol. The Hall–Kier alpha value is -2.21. The van der Waals surface area contributed by atoms with Crippen molar-refractivity contribution < 1.29 is 14.6 Å². The monoisotopic (exact) mass is 380 g/mol. The number of rotatable bonds is 7. The van der Waals surface area contributed by atoms with Gasteiger partial charge in [0.2, 0.25) is 0 Å². The minimum Gasteiger partial charge on any atom is -0.376 e. The molecule has 5 heteroatoms. The Morgan fingerprint density at radius 2 is 2.00 bits per heavy atom. The lowest BCUT2D eigenvalue weighted by molar-refractivity contribution is 0.0137. The van der Waals surface area contributed by atoms with Crippen molar-refractivity contribution in [3.05, 3.63) is 70.3 Å². The average molecular weight is 380 g/mol. The van der Waals surface area contributed by atoms with E-state index in [1.54, 1.807) is 13.2 Å². The molecule has 148 valence electrons. The zero-order valence-corrected chi connectivity index (χ0v) is 16.3. The Morgan fingerprint density at radius 3 is 2.75 bits per heavy atom. The Kier molecular flexibility index (Phi) is 5.49. The number of ether oxygens (including phenoxy) is 1. The van der Waals surface area contributed by atoms with Crippen LogP contribution in [-0.2, 0) is 17.7 Å². The second-order valence-corrected chi connectivity index (χ2v) is 7.83. The quantitative estimate of drug-likeness (QED) is 0.723. The van der Waals surface area contributed by atoms with E-state index in [2.05, 4.69) is 18.2 Å². The largest absolute Gasteiger partial charge is 0.376 e. The van der Waals surface area contributed by atoms with Crippen LogP contribution in [-0.4, -0.2) is 29.6 Å². The second-order valence-electron chi connectivity index (χ2n) is 7.83. The smallest absolute Gasteiger partial charge is 0.256 e. The number of amides is 1. The molecule has 0 saturated heterocycles. The molecule has 1 heterocycles. The molecule has 28 heavy (non-hydrogen) atoms. The summed E-state index contributed by atoms with van der Waals surface area (Å²) in [5, 5.41) is 10.6. The molecule has 0 radical (unpaired) electrons. The first-order chi connectivity index (χ1) is 13.6. The number of hydrogen-bond donors (Lipinski definition) is 2. The first-order valence-electron chi connectivity index (χ1n) is 10.1. The third-order valence-electron chi connectivity index (χ3n) is 6.09. The summed E-state index contributed by atoms with van der Waals surface area (Å²) in [7, 11) is 1.78. The number of nitrogens with two attached hydrogens (primary N) is 1. The summed E-state index contributed by atoms with van der Waals surface area (Å²) < 4.78 is 5.79. The number of carbonyl (C=O) groups is 1. The third kappa shape index (κ3) is 3.34. The Morgan fingerprint density at radius 1 is 1.18 bits per heavy atom. The fourth-order valence-electron chi connectivity index (χ4n) is 4.68. The third-order valence-corrected chi connectivity index (χ3v) is 6.09. The van der Waals surface area contributed by atoms with E-state index in [1.165, 1.54) is 16.0 Å². The summed E-state index contributed by atoms with van der Waals surface area (Å²) in [4.78, 5) is 14.2. The lowest BCUT2D eigenvalue weighted by Crippen LogP contribution is -2.27. The number of hydrogen-bond acceptors (Lipinski definition) is 4. The Balaban J connectivity index is 1.50. The molecule has 2 aromatic rings. The lowest BCUT2D eigenvalue weighted by atomic mass is 9.96. The van der Waals surface area contributed by atoms with E-state index in [4.69, 9.17) is 10.5 Å². The summed E-state index contributed by atoms with van der Waals surface area (Å²) in [6, 6.07) is 13.6. The van der Waals surface area contributed by atoms with Crippen molar-refractivity contribution in [2.45, 2.75) is 44.6 Å². The summed E-state index contributed by atoms with van der Waals surface area (Å²) in [5.74, 6) is 0.364. The molecule has 0 fully saturated rings. The molecule has 2 unspecified atom stereocenters. The van der Waals surface area contributed by atoms with Crippen molar-refractivity contribution in [3.63, 3.8) is 0 Å². The number of aliphatic hydroxyl groups excluding tert-OH is 1. The van der Waals surface area contributed by atoms with Crippen LogP contribution >= 0.6 is 0 Å². The molecule has 0 saturated carbocycles. The van der Waals surface area contributed by atoms with Crippen LogP contribution in [0.15, 0.2) is 42.5 Å². The molecule has 4 rings (SSSR count). The van der Waals surface area contributed by atoms with Gasteiger partial charge in [0.15, 0.2) is 6.23 Å². The minimum absolute atomic E-state index is 0.113. The maximum atomic E-state index is 12.7. The van der Waals surface area contributed by atoms with E-state index in [0.29, 0.717) is 23.6 Å². The van der Waals surface area contributed by atoms with Crippen molar-refractivity contribution in [1.29, 1.82) is 0 Å². The number of methoxy groups -OCH3 is 1. The van der Waals surface area contributed by atoms with Crippen LogP contribution in [0.3, 0.4) is 0 Å². The van der Waals surface area contributed by atoms with Crippen molar-refractivity contribution in [1.82, 2.24) is 4.90 Å². The SMILES string of the molecule is COC1c2ccc(CN3C(=O)c4ccccc4[C@@H]3O)cc2CC1CCCCN. The fraction of sp³-hybridized carbons (Fsp3) is 0.435. The summed E-state index contributed by atoms with van der Waals surface area (Å²) in [6.45, 7) is 1.13. The highest BCUT2D eigenvalue weighted by Crippen LogP contribution is 2.42. The molecule has 1 amide bonds. The summed E-state index contributed by atoms with van der Waals surface area (Å²) in [5.41, 5.74) is 10.5. The topological polar surface area (TPSA) is 75.8 Å². The molecule has 3 atom stereocenters. The van der Waals surface area contributed by atoms with Crippen LogP contribution in [0.4, 0.5) is 0 Å². The minimum atomic E-state index is -0.882. The maximum absolute atomic E-state index is 12.7. The number of nitrogens with zero attached hydrogens (tertiary/aromatic N) is 1. The van der Waals surface area contributed by atoms with Gasteiger partial charge in [-0.3, -0.25) is 4.79 Å². The van der Waals surface area contributed by atoms with Crippen molar-refractivity contribution in [2.24, 2.45) is 11.7 Å². The van der Waals surface area contributed by atoms with Crippen LogP contribution in [0.25, 0.3) is 0 Å². The van der Waals surface area contributed by atoms with Gasteiger partial charge in [0.05, 0.1) is 6.10 Å². The molecule has 1 aliphatic carbocycles. The predicted octanol–water partition coefficient (Wildman–Crippen LogP) is 3.32. The van der Waals surface area contributed by atoms with E-state index in [9.17, 15) is 9.90 Å². The first kappa shape index (κ1) is 19.1. The van der Waals surface area contributed by atoms with Gasteiger partial charge in [-0.15, -0.1) is 0 Å². The number of aliphatic hydroxyl groups is 1. The van der Waals surface area contributed by atoms with Gasteiger partial charge >= 0.3 is 0 Å². The number of fused-ring (bicyclic) bond motifs is 2. The second kappa shape index (κ2) is 8.03. The van der Waals surface area contributed by atoms with E-state index < -0.39 is 6.23 Å². The van der Waals surface area contributed by atoms with Gasteiger partial charge in [0.1, 0.15) is 0 Å². The molecular formula is C23H28N2O3. The van der Waals surface area contributed by atoms with E-state index in [-0.39, 0.29) is 12.0 Å². The van der Waals surface area contributed by atoms with Gasteiger partial charge < -0.3 is 20.5 Å². The van der Waals surface area contributed by atoms with Gasteiger partial charge in [-0.1, -0.05) is 42.8 Å². The zero-order chi connectivity index (χ0) is 19.7. The number of benzene rings is 2. The highest BCUT2D eigenvalue weighted by molar-refractivity contribution is 5.98. The zero-order valence-electron chi connectivity index (χ0n) is 16.3. The van der Waals surface area contributed by atoms with Crippen LogP contribution in [0.5, 0.6) is 0 Å². The highest BCUT2D eigenvalue weighted by atomic mass is 16.5. The fourth-order valence-corrected chi connectivity index (χ4v) is 4.68. The molecule has 5 nitrogen and oxygen atoms in total. The molecule has 0 bridgehead atoms. The van der Waals surface area contributed by atoms with Gasteiger partial charge in [-0.25, -0.2) is 0 Å². The number of carbonyl (C=O) groups excluding carboxylic acids is 1. The van der Waals surface area contributed by atoms with Crippen molar-refractivity contribution in [2.75, 3.05) is 13.7 Å². The Bertz CT molecular complexity index is 867. The molecule has 0 spiro atoms. The van der Waals surface area contributed by atoms with Gasteiger partial charge in [-0.2, -0.15) is 0 Å². The van der Waals surface area contributed by atoms with Gasteiger partial charge in [-0.05, 0) is 54.5 Å². The molecule has 2 aliphatic rings. The van der Waals surface area contributed by atoms with Crippen molar-refractivity contribution in [3.8, 4) is 0 Å². The maximum Gasteiger partial charge on any atom is 0.256 e. The van der Waals surface area contributed by atoms with Gasteiger partial charge in [0.25, 0.3) is 5.91 Å². The van der Waals surface area contributed by atoms with Crippen LogP contribution < -0.4 is 5.73 Å². The van der Waals surface area contributed by atoms with Gasteiger partial charge in [0, 0.05) is 24.8 Å². The lowest BCUT2D eigenvalue weighted by Gasteiger charge is -2.21. The van der Waals surface area contributed by atoms with Crippen LogP contribution in [0.2, 0.25) is 0 Å². The van der Waals surface area contributed by atoms with E-state index >= 15 is 0 Å². The number of unbranched alkanes of at least 4 members (excludes halogenated alkanes) is 1. The van der Waals surface area contributed by atoms with E-state index in [1.807, 2.05) is 18.2 Å². The first-order valence-corrected chi connectivity index (χ1v) is 10.1. The van der Waals surface area contributed by atoms with Crippen molar-refractivity contribution >= 4 is 5.91 Å².